The van der Waals surface area contributed by atoms with Gasteiger partial charge in [-0.1, -0.05) is 48.5 Å². The summed E-state index contributed by atoms with van der Waals surface area (Å²) in [6.07, 6.45) is 1.91. The summed E-state index contributed by atoms with van der Waals surface area (Å²) in [4.78, 5) is 28.8. The van der Waals surface area contributed by atoms with Gasteiger partial charge in [0, 0.05) is 18.4 Å². The molecule has 2 aromatic carbocycles. The molecule has 2 heterocycles. The van der Waals surface area contributed by atoms with Gasteiger partial charge >= 0.3 is 0 Å². The van der Waals surface area contributed by atoms with Crippen LogP contribution >= 0.6 is 0 Å². The van der Waals surface area contributed by atoms with Crippen LogP contribution in [0.2, 0.25) is 0 Å². The molecule has 2 aliphatic heterocycles. The second kappa shape index (κ2) is 5.54. The second-order valence-electron chi connectivity index (χ2n) is 8.82. The first kappa shape index (κ1) is 16.5. The van der Waals surface area contributed by atoms with Gasteiger partial charge in [0.2, 0.25) is 11.8 Å². The smallest absolute Gasteiger partial charge is 0.237 e. The van der Waals surface area contributed by atoms with Crippen molar-refractivity contribution in [1.29, 1.82) is 0 Å². The first-order valence-electron chi connectivity index (χ1n) is 10.3. The van der Waals surface area contributed by atoms with E-state index in [1.165, 1.54) is 27.2 Å². The number of benzene rings is 2. The van der Waals surface area contributed by atoms with E-state index in [0.29, 0.717) is 6.54 Å². The first-order chi connectivity index (χ1) is 13.6. The lowest BCUT2D eigenvalue weighted by atomic mass is 9.48. The monoisotopic (exact) mass is 373 g/mol. The molecule has 0 spiro atoms. The second-order valence-corrected chi connectivity index (χ2v) is 8.82. The molecular weight excluding hydrogens is 350 g/mol. The number of amides is 2. The largest absolute Gasteiger partial charge is 0.376 e. The molecule has 0 aromatic heterocycles. The number of hydrogen-bond acceptors (Lipinski definition) is 3. The van der Waals surface area contributed by atoms with Crippen LogP contribution in [0.4, 0.5) is 0 Å². The van der Waals surface area contributed by atoms with Crippen molar-refractivity contribution < 1.29 is 14.3 Å². The summed E-state index contributed by atoms with van der Waals surface area (Å²) in [5, 5.41) is 0. The third-order valence-electron chi connectivity index (χ3n) is 7.51. The minimum absolute atomic E-state index is 0.0120. The highest BCUT2D eigenvalue weighted by Crippen LogP contribution is 2.66. The Bertz CT molecular complexity index is 961. The molecule has 5 aliphatic rings. The predicted molar refractivity (Wildman–Crippen MR) is 104 cm³/mol. The molecule has 28 heavy (non-hydrogen) atoms. The predicted octanol–water partition coefficient (Wildman–Crippen LogP) is 3.45. The Labute approximate surface area is 164 Å². The van der Waals surface area contributed by atoms with Gasteiger partial charge in [0.05, 0.1) is 24.0 Å². The fraction of sp³-hybridized carbons (Fsp3) is 0.417. The molecule has 4 nitrogen and oxygen atoms in total. The quantitative estimate of drug-likeness (QED) is 0.758. The third-order valence-corrected chi connectivity index (χ3v) is 7.51. The number of imide groups is 1. The molecule has 3 atom stereocenters. The molecule has 0 saturated carbocycles. The maximum absolute atomic E-state index is 13.7. The van der Waals surface area contributed by atoms with Crippen LogP contribution in [0.3, 0.4) is 0 Å². The fourth-order valence-corrected chi connectivity index (χ4v) is 6.36. The number of nitrogens with zero attached hydrogens (tertiary/aromatic N) is 1. The molecule has 0 N–H and O–H groups in total. The Kier molecular flexibility index (Phi) is 3.26. The Morgan fingerprint density at radius 2 is 1.61 bits per heavy atom. The molecule has 2 amide bonds. The van der Waals surface area contributed by atoms with Crippen LogP contribution in [0.15, 0.2) is 48.5 Å². The summed E-state index contributed by atoms with van der Waals surface area (Å²) in [5.74, 6) is -0.468. The molecule has 2 saturated heterocycles. The SMILES string of the molecule is C[C@@]12C(=O)N(C[C@@H]3CCCO3)C(=O)[C@@H]1C1c3ccccc3C2c2ccccc21. The van der Waals surface area contributed by atoms with Crippen LogP contribution in [-0.2, 0) is 14.3 Å². The lowest BCUT2D eigenvalue weighted by molar-refractivity contribution is -0.143. The van der Waals surface area contributed by atoms with Crippen molar-refractivity contribution >= 4 is 11.8 Å². The van der Waals surface area contributed by atoms with E-state index in [-0.39, 0.29) is 35.7 Å². The lowest BCUT2D eigenvalue weighted by Crippen LogP contribution is -2.49. The highest BCUT2D eigenvalue weighted by atomic mass is 16.5. The van der Waals surface area contributed by atoms with Gasteiger partial charge in [-0.15, -0.1) is 0 Å². The Balaban J connectivity index is 1.53. The van der Waals surface area contributed by atoms with Gasteiger partial charge in [0.15, 0.2) is 0 Å². The van der Waals surface area contributed by atoms with Crippen LogP contribution in [0.25, 0.3) is 0 Å². The molecular formula is C24H23NO3. The highest BCUT2D eigenvalue weighted by Gasteiger charge is 2.68. The van der Waals surface area contributed by atoms with E-state index in [2.05, 4.69) is 24.3 Å². The van der Waals surface area contributed by atoms with Crippen LogP contribution in [0.1, 0.15) is 53.9 Å². The van der Waals surface area contributed by atoms with Crippen molar-refractivity contribution in [3.05, 3.63) is 70.8 Å². The standard InChI is InChI=1S/C24H23NO3/c1-24-20-17-10-4-2-8-15(17)19(16-9-3-5-11-18(16)20)21(24)22(26)25(23(24)27)13-14-7-6-12-28-14/h2-5,8-11,14,19-21H,6-7,12-13H2,1H3/t14-,19?,20?,21-,24-/m0/s1. The zero-order valence-electron chi connectivity index (χ0n) is 15.9. The van der Waals surface area contributed by atoms with Crippen LogP contribution in [0, 0.1) is 11.3 Å². The van der Waals surface area contributed by atoms with Crippen molar-refractivity contribution in [2.24, 2.45) is 11.3 Å². The van der Waals surface area contributed by atoms with E-state index >= 15 is 0 Å². The molecule has 2 aromatic rings. The minimum atomic E-state index is -0.719. The normalized spacial score (nSPS) is 35.1. The van der Waals surface area contributed by atoms with E-state index in [4.69, 9.17) is 4.74 Å². The highest BCUT2D eigenvalue weighted by molar-refractivity contribution is 6.10. The van der Waals surface area contributed by atoms with Gasteiger partial charge in [0.1, 0.15) is 0 Å². The third kappa shape index (κ3) is 1.84. The van der Waals surface area contributed by atoms with Crippen LogP contribution in [0.5, 0.6) is 0 Å². The van der Waals surface area contributed by atoms with E-state index in [1.807, 2.05) is 31.2 Å². The molecule has 0 unspecified atom stereocenters. The first-order valence-corrected chi connectivity index (χ1v) is 10.3. The van der Waals surface area contributed by atoms with Gasteiger partial charge in [0.25, 0.3) is 0 Å². The molecule has 142 valence electrons. The van der Waals surface area contributed by atoms with Gasteiger partial charge in [-0.2, -0.15) is 0 Å². The summed E-state index contributed by atoms with van der Waals surface area (Å²) >= 11 is 0. The number of carbonyl (C=O) groups excluding carboxylic acids is 2. The fourth-order valence-electron chi connectivity index (χ4n) is 6.36. The Morgan fingerprint density at radius 3 is 2.18 bits per heavy atom. The van der Waals surface area contributed by atoms with E-state index in [0.717, 1.165) is 19.4 Å². The maximum Gasteiger partial charge on any atom is 0.237 e. The van der Waals surface area contributed by atoms with Crippen molar-refractivity contribution in [3.63, 3.8) is 0 Å². The molecule has 2 bridgehead atoms. The van der Waals surface area contributed by atoms with Crippen molar-refractivity contribution in [1.82, 2.24) is 4.90 Å². The maximum atomic E-state index is 13.7. The van der Waals surface area contributed by atoms with Crippen molar-refractivity contribution in [2.45, 2.75) is 37.7 Å². The topological polar surface area (TPSA) is 46.6 Å². The van der Waals surface area contributed by atoms with Crippen LogP contribution < -0.4 is 0 Å². The number of likely N-dealkylation sites (tertiary alicyclic amines) is 1. The van der Waals surface area contributed by atoms with Gasteiger partial charge in [-0.05, 0) is 42.0 Å². The van der Waals surface area contributed by atoms with E-state index in [1.54, 1.807) is 0 Å². The molecule has 3 aliphatic carbocycles. The lowest BCUT2D eigenvalue weighted by Gasteiger charge is -2.51. The molecule has 7 rings (SSSR count). The molecule has 2 fully saturated rings. The average Bonchev–Trinajstić information content (AvgIpc) is 3.30. The average molecular weight is 373 g/mol. The number of ether oxygens (including phenoxy) is 1. The van der Waals surface area contributed by atoms with Crippen LogP contribution in [-0.4, -0.2) is 36.0 Å². The van der Waals surface area contributed by atoms with Gasteiger partial charge in [-0.25, -0.2) is 0 Å². The zero-order valence-corrected chi connectivity index (χ0v) is 15.9. The summed E-state index contributed by atoms with van der Waals surface area (Å²) in [6.45, 7) is 3.15. The van der Waals surface area contributed by atoms with E-state index in [9.17, 15) is 9.59 Å². The Hall–Kier alpha value is -2.46. The molecule has 0 radical (unpaired) electrons. The Morgan fingerprint density at radius 1 is 1.00 bits per heavy atom. The number of rotatable bonds is 2. The van der Waals surface area contributed by atoms with Gasteiger partial charge in [-0.3, -0.25) is 14.5 Å². The van der Waals surface area contributed by atoms with Crippen molar-refractivity contribution in [3.8, 4) is 0 Å². The minimum Gasteiger partial charge on any atom is -0.376 e. The van der Waals surface area contributed by atoms with Gasteiger partial charge < -0.3 is 4.74 Å². The summed E-state index contributed by atoms with van der Waals surface area (Å²) in [6, 6.07) is 16.8. The summed E-state index contributed by atoms with van der Waals surface area (Å²) in [7, 11) is 0. The zero-order chi connectivity index (χ0) is 19.0. The number of hydrogen-bond donors (Lipinski definition) is 0. The summed E-state index contributed by atoms with van der Waals surface area (Å²) in [5.41, 5.74) is 4.14. The molecule has 4 heteroatoms. The summed E-state index contributed by atoms with van der Waals surface area (Å²) < 4.78 is 5.74. The van der Waals surface area contributed by atoms with Crippen molar-refractivity contribution in [2.75, 3.05) is 13.2 Å². The number of carbonyl (C=O) groups is 2. The van der Waals surface area contributed by atoms with E-state index < -0.39 is 5.41 Å².